The number of aliphatic hydroxyl groups is 1. The lowest BCUT2D eigenvalue weighted by atomic mass is 9.85. The van der Waals surface area contributed by atoms with Crippen molar-refractivity contribution in [1.82, 2.24) is 15.2 Å². The number of carbonyl (C=O) groups excluding carboxylic acids is 1. The van der Waals surface area contributed by atoms with Gasteiger partial charge in [0.15, 0.2) is 0 Å². The predicted molar refractivity (Wildman–Crippen MR) is 93.4 cm³/mol. The number of nitrogens with zero attached hydrogens (tertiary/aromatic N) is 2. The molecule has 0 bridgehead atoms. The van der Waals surface area contributed by atoms with Crippen LogP contribution in [-0.2, 0) is 10.4 Å². The van der Waals surface area contributed by atoms with Crippen molar-refractivity contribution < 1.29 is 9.90 Å². The predicted octanol–water partition coefficient (Wildman–Crippen LogP) is 2.06. The molecule has 1 aliphatic heterocycles. The summed E-state index contributed by atoms with van der Waals surface area (Å²) in [7, 11) is 0. The second-order valence-electron chi connectivity index (χ2n) is 7.49. The van der Waals surface area contributed by atoms with E-state index in [1.165, 1.54) is 19.3 Å². The van der Waals surface area contributed by atoms with Crippen molar-refractivity contribution in [2.45, 2.75) is 57.1 Å². The van der Waals surface area contributed by atoms with Crippen LogP contribution in [0, 0.1) is 5.92 Å². The first-order valence-electron chi connectivity index (χ1n) is 9.21. The van der Waals surface area contributed by atoms with Crippen molar-refractivity contribution in [3.8, 4) is 0 Å². The Labute approximate surface area is 144 Å². The van der Waals surface area contributed by atoms with Crippen LogP contribution in [0.3, 0.4) is 0 Å². The van der Waals surface area contributed by atoms with Crippen LogP contribution >= 0.6 is 0 Å². The Hall–Kier alpha value is -1.46. The van der Waals surface area contributed by atoms with E-state index in [2.05, 4.69) is 22.1 Å². The molecule has 1 aromatic rings. The fourth-order valence-corrected chi connectivity index (χ4v) is 3.99. The molecule has 5 nitrogen and oxygen atoms in total. The fourth-order valence-electron chi connectivity index (χ4n) is 3.99. The summed E-state index contributed by atoms with van der Waals surface area (Å²) >= 11 is 0. The number of likely N-dealkylation sites (tertiary alicyclic amines) is 1. The molecule has 3 rings (SSSR count). The van der Waals surface area contributed by atoms with Crippen LogP contribution in [0.2, 0.25) is 0 Å². The molecule has 0 radical (unpaired) electrons. The van der Waals surface area contributed by atoms with E-state index in [0.717, 1.165) is 25.1 Å². The molecule has 2 aliphatic rings. The summed E-state index contributed by atoms with van der Waals surface area (Å²) in [4.78, 5) is 18.6. The van der Waals surface area contributed by atoms with Crippen molar-refractivity contribution in [2.24, 2.45) is 5.92 Å². The van der Waals surface area contributed by atoms with Gasteiger partial charge < -0.3 is 10.4 Å². The van der Waals surface area contributed by atoms with Gasteiger partial charge in [0.05, 0.1) is 12.1 Å². The summed E-state index contributed by atoms with van der Waals surface area (Å²) < 4.78 is 0. The Morgan fingerprint density at radius 2 is 2.12 bits per heavy atom. The molecule has 1 amide bonds. The number of hydrogen-bond acceptors (Lipinski definition) is 4. The van der Waals surface area contributed by atoms with Gasteiger partial charge in [-0.3, -0.25) is 14.7 Å². The summed E-state index contributed by atoms with van der Waals surface area (Å²) in [6, 6.07) is 4.13. The highest BCUT2D eigenvalue weighted by Gasteiger charge is 2.34. The molecular weight excluding hydrogens is 302 g/mol. The van der Waals surface area contributed by atoms with E-state index >= 15 is 0 Å². The van der Waals surface area contributed by atoms with Crippen LogP contribution in [0.1, 0.15) is 51.0 Å². The summed E-state index contributed by atoms with van der Waals surface area (Å²) in [6.45, 7) is 4.14. The first-order chi connectivity index (χ1) is 11.6. The van der Waals surface area contributed by atoms with Crippen molar-refractivity contribution >= 4 is 5.91 Å². The number of rotatable bonds is 4. The Balaban J connectivity index is 1.47. The molecule has 0 aromatic carbocycles. The molecule has 1 saturated carbocycles. The topological polar surface area (TPSA) is 65.5 Å². The van der Waals surface area contributed by atoms with Crippen molar-refractivity contribution in [2.75, 3.05) is 19.6 Å². The second kappa shape index (κ2) is 7.62. The number of amides is 1. The Morgan fingerprint density at radius 1 is 1.38 bits per heavy atom. The molecule has 132 valence electrons. The van der Waals surface area contributed by atoms with E-state index in [0.29, 0.717) is 31.3 Å². The molecule has 0 unspecified atom stereocenters. The highest BCUT2D eigenvalue weighted by Crippen LogP contribution is 2.32. The van der Waals surface area contributed by atoms with E-state index in [9.17, 15) is 9.90 Å². The third kappa shape index (κ3) is 4.14. The zero-order valence-corrected chi connectivity index (χ0v) is 14.6. The molecule has 1 saturated heterocycles. The molecule has 2 N–H and O–H groups in total. The highest BCUT2D eigenvalue weighted by atomic mass is 16.3. The van der Waals surface area contributed by atoms with Crippen LogP contribution in [0.15, 0.2) is 24.5 Å². The van der Waals surface area contributed by atoms with Gasteiger partial charge in [-0.05, 0) is 37.7 Å². The molecule has 0 spiro atoms. The largest absolute Gasteiger partial charge is 0.385 e. The Morgan fingerprint density at radius 3 is 2.79 bits per heavy atom. The Kier molecular flexibility index (Phi) is 5.51. The van der Waals surface area contributed by atoms with Crippen LogP contribution in [0.5, 0.6) is 0 Å². The van der Waals surface area contributed by atoms with Gasteiger partial charge in [0.1, 0.15) is 0 Å². The molecule has 2 fully saturated rings. The minimum Gasteiger partial charge on any atom is -0.385 e. The monoisotopic (exact) mass is 331 g/mol. The zero-order valence-electron chi connectivity index (χ0n) is 14.6. The maximum atomic E-state index is 12.3. The molecule has 5 heteroatoms. The maximum Gasteiger partial charge on any atom is 0.234 e. The lowest BCUT2D eigenvalue weighted by molar-refractivity contribution is -0.124. The van der Waals surface area contributed by atoms with Gasteiger partial charge in [-0.15, -0.1) is 0 Å². The van der Waals surface area contributed by atoms with E-state index in [-0.39, 0.29) is 5.91 Å². The van der Waals surface area contributed by atoms with Crippen LogP contribution in [0.4, 0.5) is 0 Å². The summed E-state index contributed by atoms with van der Waals surface area (Å²) in [5.41, 5.74) is 0.0733. The first-order valence-corrected chi connectivity index (χ1v) is 9.21. The van der Waals surface area contributed by atoms with Gasteiger partial charge in [-0.1, -0.05) is 25.8 Å². The minimum atomic E-state index is -0.806. The molecular formula is C19H29N3O2. The highest BCUT2D eigenvalue weighted by molar-refractivity contribution is 5.78. The number of hydrogen-bond donors (Lipinski definition) is 2. The maximum absolute atomic E-state index is 12.3. The van der Waals surface area contributed by atoms with Crippen LogP contribution in [-0.4, -0.2) is 46.6 Å². The molecule has 1 aromatic heterocycles. The Bertz CT molecular complexity index is 541. The third-order valence-electron chi connectivity index (χ3n) is 5.71. The number of piperidine rings is 1. The van der Waals surface area contributed by atoms with Gasteiger partial charge in [-0.2, -0.15) is 0 Å². The quantitative estimate of drug-likeness (QED) is 0.886. The molecule has 1 aliphatic carbocycles. The van der Waals surface area contributed by atoms with Crippen molar-refractivity contribution in [3.63, 3.8) is 0 Å². The number of aromatic nitrogens is 1. The van der Waals surface area contributed by atoms with Gasteiger partial charge in [-0.25, -0.2) is 0 Å². The second-order valence-corrected chi connectivity index (χ2v) is 7.49. The summed E-state index contributed by atoms with van der Waals surface area (Å²) in [5, 5.41) is 14.0. The van der Waals surface area contributed by atoms with Crippen molar-refractivity contribution in [3.05, 3.63) is 30.1 Å². The lowest BCUT2D eigenvalue weighted by Crippen LogP contribution is -2.49. The summed E-state index contributed by atoms with van der Waals surface area (Å²) in [6.07, 6.45) is 9.58. The molecule has 2 atom stereocenters. The zero-order chi connectivity index (χ0) is 17.0. The normalized spacial score (nSPS) is 27.6. The number of carbonyl (C=O) groups is 1. The molecule has 2 heterocycles. The van der Waals surface area contributed by atoms with Crippen molar-refractivity contribution in [1.29, 1.82) is 0 Å². The minimum absolute atomic E-state index is 0.126. The average molecular weight is 331 g/mol. The van der Waals surface area contributed by atoms with Gasteiger partial charge in [0.25, 0.3) is 0 Å². The lowest BCUT2D eigenvalue weighted by Gasteiger charge is -2.38. The van der Waals surface area contributed by atoms with Gasteiger partial charge in [0.2, 0.25) is 5.91 Å². The van der Waals surface area contributed by atoms with E-state index in [1.54, 1.807) is 12.4 Å². The van der Waals surface area contributed by atoms with E-state index < -0.39 is 5.60 Å². The number of nitrogens with one attached hydrogen (secondary N) is 1. The average Bonchev–Trinajstić information content (AvgIpc) is 2.60. The van der Waals surface area contributed by atoms with Crippen LogP contribution in [0.25, 0.3) is 0 Å². The van der Waals surface area contributed by atoms with E-state index in [4.69, 9.17) is 0 Å². The van der Waals surface area contributed by atoms with Gasteiger partial charge >= 0.3 is 0 Å². The SMILES string of the molecule is C[C@H]1CCCC[C@H]1NC(=O)CN1CCC(O)(c2cccnc2)CC1. The first kappa shape index (κ1) is 17.4. The van der Waals surface area contributed by atoms with E-state index in [1.807, 2.05) is 12.1 Å². The smallest absolute Gasteiger partial charge is 0.234 e. The molecule has 24 heavy (non-hydrogen) atoms. The standard InChI is InChI=1S/C19H29N3O2/c1-15-5-2-3-7-17(15)21-18(23)14-22-11-8-19(24,9-12-22)16-6-4-10-20-13-16/h4,6,10,13,15,17,24H,2-3,5,7-9,11-12,14H2,1H3,(H,21,23)/t15-,17+/m0/s1. The summed E-state index contributed by atoms with van der Waals surface area (Å²) in [5.74, 6) is 0.709. The van der Waals surface area contributed by atoms with Crippen LogP contribution < -0.4 is 5.32 Å². The van der Waals surface area contributed by atoms with Gasteiger partial charge in [0, 0.05) is 37.1 Å². The third-order valence-corrected chi connectivity index (χ3v) is 5.71. The number of pyridine rings is 1. The fraction of sp³-hybridized carbons (Fsp3) is 0.684.